The van der Waals surface area contributed by atoms with Crippen LogP contribution in [0.25, 0.3) is 0 Å². The zero-order chi connectivity index (χ0) is 13.9. The van der Waals surface area contributed by atoms with Gasteiger partial charge in [0.2, 0.25) is 0 Å². The predicted molar refractivity (Wildman–Crippen MR) is 76.0 cm³/mol. The first-order chi connectivity index (χ1) is 8.38. The summed E-state index contributed by atoms with van der Waals surface area (Å²) in [6.07, 6.45) is 0.738. The van der Waals surface area contributed by atoms with E-state index in [0.717, 1.165) is 17.5 Å². The minimum absolute atomic E-state index is 0.375. The average molecular weight is 271 g/mol. The van der Waals surface area contributed by atoms with Crippen LogP contribution in [0.1, 0.15) is 25.0 Å². The Kier molecular flexibility index (Phi) is 4.59. The summed E-state index contributed by atoms with van der Waals surface area (Å²) in [4.78, 5) is 0. The molecule has 0 heterocycles. The molecule has 0 amide bonds. The largest absolute Gasteiger partial charge is 0.399 e. The number of hydrogen-bond donors (Lipinski definition) is 2. The Balaban J connectivity index is 3.44. The number of nitrogen functional groups attached to an aromatic ring is 1. The summed E-state index contributed by atoms with van der Waals surface area (Å²) in [6, 6.07) is 3.51. The molecule has 0 aliphatic heterocycles. The zero-order valence-electron chi connectivity index (χ0n) is 11.3. The molecular weight excluding hydrogens is 250 g/mol. The monoisotopic (exact) mass is 271 g/mol. The van der Waals surface area contributed by atoms with Crippen molar-refractivity contribution in [1.82, 2.24) is 4.72 Å². The molecule has 1 aromatic rings. The molecule has 0 fully saturated rings. The molecule has 1 aromatic carbocycles. The first-order valence-corrected chi connectivity index (χ1v) is 7.42. The van der Waals surface area contributed by atoms with Gasteiger partial charge in [-0.2, -0.15) is 8.42 Å². The highest BCUT2D eigenvalue weighted by Gasteiger charge is 2.22. The molecule has 18 heavy (non-hydrogen) atoms. The third-order valence-electron chi connectivity index (χ3n) is 3.07. The first kappa shape index (κ1) is 14.8. The molecule has 0 bridgehead atoms. The number of hydrogen-bond acceptors (Lipinski definition) is 3. The molecule has 0 spiro atoms. The second kappa shape index (κ2) is 5.58. The van der Waals surface area contributed by atoms with Crippen molar-refractivity contribution >= 4 is 21.6 Å². The minimum Gasteiger partial charge on any atom is -0.399 e. The van der Waals surface area contributed by atoms with Crippen LogP contribution in [0.5, 0.6) is 0 Å². The molecule has 6 heteroatoms. The highest BCUT2D eigenvalue weighted by molar-refractivity contribution is 7.90. The number of rotatable bonds is 5. The highest BCUT2D eigenvalue weighted by atomic mass is 32.2. The van der Waals surface area contributed by atoms with E-state index >= 15 is 0 Å². The molecular formula is C12H21N3O2S. The normalized spacial score (nSPS) is 11.6. The van der Waals surface area contributed by atoms with Crippen LogP contribution >= 0.6 is 0 Å². The lowest BCUT2D eigenvalue weighted by Crippen LogP contribution is -2.39. The lowest BCUT2D eigenvalue weighted by molar-refractivity contribution is 0.583. The highest BCUT2D eigenvalue weighted by Crippen LogP contribution is 2.29. The Hall–Kier alpha value is -1.27. The molecule has 5 nitrogen and oxygen atoms in total. The molecule has 0 radical (unpaired) electrons. The maximum atomic E-state index is 12.0. The Labute approximate surface area is 109 Å². The lowest BCUT2D eigenvalue weighted by Gasteiger charge is -2.25. The summed E-state index contributed by atoms with van der Waals surface area (Å²) in [5.41, 5.74) is 9.16. The quantitative estimate of drug-likeness (QED) is 0.795. The fourth-order valence-electron chi connectivity index (χ4n) is 2.02. The molecule has 0 saturated carbocycles. The van der Waals surface area contributed by atoms with Crippen LogP contribution in [0.2, 0.25) is 0 Å². The van der Waals surface area contributed by atoms with Crippen LogP contribution < -0.4 is 14.8 Å². The fraction of sp³-hybridized carbons (Fsp3) is 0.500. The summed E-state index contributed by atoms with van der Waals surface area (Å²) in [5, 5.41) is 0. The zero-order valence-corrected chi connectivity index (χ0v) is 12.1. The Morgan fingerprint density at radius 2 is 1.94 bits per heavy atom. The number of anilines is 2. The van der Waals surface area contributed by atoms with E-state index in [1.165, 1.54) is 11.4 Å². The molecule has 0 aromatic heterocycles. The number of benzene rings is 1. The van der Waals surface area contributed by atoms with Gasteiger partial charge in [0.05, 0.1) is 5.69 Å². The van der Waals surface area contributed by atoms with Crippen molar-refractivity contribution in [1.29, 1.82) is 0 Å². The summed E-state index contributed by atoms with van der Waals surface area (Å²) < 4.78 is 27.7. The van der Waals surface area contributed by atoms with Gasteiger partial charge in [-0.1, -0.05) is 6.92 Å². The molecule has 0 saturated heterocycles. The molecule has 0 atom stereocenters. The van der Waals surface area contributed by atoms with Gasteiger partial charge in [-0.15, -0.1) is 0 Å². The van der Waals surface area contributed by atoms with Crippen molar-refractivity contribution in [3.05, 3.63) is 23.3 Å². The van der Waals surface area contributed by atoms with Crippen LogP contribution in [0.3, 0.4) is 0 Å². The predicted octanol–water partition coefficient (Wildman–Crippen LogP) is 1.43. The minimum atomic E-state index is -3.48. The number of nitrogens with one attached hydrogen (secondary N) is 1. The van der Waals surface area contributed by atoms with Crippen LogP contribution in [-0.2, 0) is 16.6 Å². The smallest absolute Gasteiger partial charge is 0.301 e. The second-order valence-corrected chi connectivity index (χ2v) is 5.80. The lowest BCUT2D eigenvalue weighted by atomic mass is 10.0. The van der Waals surface area contributed by atoms with Gasteiger partial charge in [-0.25, -0.2) is 4.72 Å². The van der Waals surface area contributed by atoms with Crippen molar-refractivity contribution in [3.63, 3.8) is 0 Å². The molecule has 3 N–H and O–H groups in total. The summed E-state index contributed by atoms with van der Waals surface area (Å²) in [6.45, 7) is 6.09. The number of nitrogens with two attached hydrogens (primary N) is 1. The molecule has 0 aliphatic rings. The molecule has 1 rings (SSSR count). The van der Waals surface area contributed by atoms with Gasteiger partial charge in [0.25, 0.3) is 0 Å². The van der Waals surface area contributed by atoms with E-state index in [0.29, 0.717) is 17.9 Å². The van der Waals surface area contributed by atoms with Gasteiger partial charge < -0.3 is 5.73 Å². The van der Waals surface area contributed by atoms with Crippen molar-refractivity contribution in [3.8, 4) is 0 Å². The standard InChI is InChI=1S/C12H21N3O2S/c1-5-10-9(3)11(13)7-8-12(10)15(6-2)18(16,17)14-4/h7-8,14H,5-6,13H2,1-4H3. The molecule has 102 valence electrons. The van der Waals surface area contributed by atoms with Crippen LogP contribution in [-0.4, -0.2) is 22.0 Å². The maximum absolute atomic E-state index is 12.0. The van der Waals surface area contributed by atoms with Gasteiger partial charge in [0.1, 0.15) is 0 Å². The van der Waals surface area contributed by atoms with Crippen molar-refractivity contribution in [2.75, 3.05) is 23.6 Å². The van der Waals surface area contributed by atoms with E-state index in [2.05, 4.69) is 4.72 Å². The fourth-order valence-corrected chi connectivity index (χ4v) is 3.01. The SMILES string of the molecule is CCc1c(N(CC)S(=O)(=O)NC)ccc(N)c1C. The van der Waals surface area contributed by atoms with E-state index in [1.807, 2.05) is 13.8 Å². The van der Waals surface area contributed by atoms with E-state index in [-0.39, 0.29) is 0 Å². The van der Waals surface area contributed by atoms with Gasteiger partial charge in [0.15, 0.2) is 0 Å². The van der Waals surface area contributed by atoms with E-state index in [9.17, 15) is 8.42 Å². The van der Waals surface area contributed by atoms with Crippen molar-refractivity contribution in [2.45, 2.75) is 27.2 Å². The third kappa shape index (κ3) is 2.59. The Bertz CT molecular complexity index is 526. The Morgan fingerprint density at radius 1 is 1.33 bits per heavy atom. The van der Waals surface area contributed by atoms with Gasteiger partial charge in [0, 0.05) is 19.3 Å². The van der Waals surface area contributed by atoms with Crippen LogP contribution in [0.4, 0.5) is 11.4 Å². The van der Waals surface area contributed by atoms with Crippen LogP contribution in [0, 0.1) is 6.92 Å². The third-order valence-corrected chi connectivity index (χ3v) is 4.62. The van der Waals surface area contributed by atoms with Gasteiger partial charge in [-0.05, 0) is 43.5 Å². The first-order valence-electron chi connectivity index (χ1n) is 5.98. The summed E-state index contributed by atoms with van der Waals surface area (Å²) in [7, 11) is -2.07. The van der Waals surface area contributed by atoms with Gasteiger partial charge >= 0.3 is 10.2 Å². The van der Waals surface area contributed by atoms with Crippen molar-refractivity contribution < 1.29 is 8.42 Å². The second-order valence-electron chi connectivity index (χ2n) is 4.00. The molecule has 0 unspecified atom stereocenters. The summed E-state index contributed by atoms with van der Waals surface area (Å²) >= 11 is 0. The Morgan fingerprint density at radius 3 is 2.39 bits per heavy atom. The van der Waals surface area contributed by atoms with E-state index in [1.54, 1.807) is 19.1 Å². The average Bonchev–Trinajstić information content (AvgIpc) is 2.34. The van der Waals surface area contributed by atoms with Gasteiger partial charge in [-0.3, -0.25) is 4.31 Å². The van der Waals surface area contributed by atoms with Crippen molar-refractivity contribution in [2.24, 2.45) is 0 Å². The topological polar surface area (TPSA) is 75.4 Å². The maximum Gasteiger partial charge on any atom is 0.301 e. The summed E-state index contributed by atoms with van der Waals surface area (Å²) in [5.74, 6) is 0. The van der Waals surface area contributed by atoms with E-state index < -0.39 is 10.2 Å². The van der Waals surface area contributed by atoms with Crippen LogP contribution in [0.15, 0.2) is 12.1 Å². The van der Waals surface area contributed by atoms with E-state index in [4.69, 9.17) is 5.73 Å². The number of nitrogens with zero attached hydrogens (tertiary/aromatic N) is 1. The molecule has 0 aliphatic carbocycles.